The summed E-state index contributed by atoms with van der Waals surface area (Å²) < 4.78 is 22.8. The average Bonchev–Trinajstić information content (AvgIpc) is 3.55. The molecule has 0 aliphatic heterocycles. The minimum absolute atomic E-state index is 0.00380. The van der Waals surface area contributed by atoms with Gasteiger partial charge in [0.1, 0.15) is 17.4 Å². The number of rotatable bonds is 5. The second kappa shape index (κ2) is 8.24. The van der Waals surface area contributed by atoms with Crippen LogP contribution in [-0.4, -0.2) is 26.1 Å². The molecule has 5 rings (SSSR count). The summed E-state index contributed by atoms with van der Waals surface area (Å²) in [5.41, 5.74) is 8.42. The number of H-pyrrole nitrogens is 1. The number of nitrogens with two attached hydrogens (primary N) is 1. The third-order valence-corrected chi connectivity index (χ3v) is 6.23. The Labute approximate surface area is 198 Å². The molecule has 0 spiro atoms. The van der Waals surface area contributed by atoms with E-state index in [1.807, 2.05) is 6.07 Å². The van der Waals surface area contributed by atoms with Crippen molar-refractivity contribution in [3.8, 4) is 34.2 Å². The van der Waals surface area contributed by atoms with Gasteiger partial charge in [0.05, 0.1) is 39.7 Å². The second-order valence-corrected chi connectivity index (χ2v) is 8.71. The summed E-state index contributed by atoms with van der Waals surface area (Å²) in [6.07, 6.45) is 3.33. The van der Waals surface area contributed by atoms with Crippen LogP contribution in [0.25, 0.3) is 33.2 Å². The third kappa shape index (κ3) is 3.52. The van der Waals surface area contributed by atoms with Crippen LogP contribution in [0.5, 0.6) is 5.75 Å². The van der Waals surface area contributed by atoms with Crippen molar-refractivity contribution in [1.82, 2.24) is 20.0 Å². The minimum Gasteiger partial charge on any atom is -0.489 e. The van der Waals surface area contributed by atoms with Gasteiger partial charge in [-0.2, -0.15) is 15.5 Å². The van der Waals surface area contributed by atoms with Crippen molar-refractivity contribution in [3.05, 3.63) is 62.4 Å². The number of aryl methyl sites for hydroxylation is 2. The molecule has 1 aliphatic rings. The van der Waals surface area contributed by atoms with Gasteiger partial charge in [0, 0.05) is 30.6 Å². The minimum atomic E-state index is -0.732. The van der Waals surface area contributed by atoms with E-state index in [9.17, 15) is 10.1 Å². The van der Waals surface area contributed by atoms with Crippen LogP contribution >= 0.6 is 11.6 Å². The summed E-state index contributed by atoms with van der Waals surface area (Å²) in [4.78, 5) is 12.4. The molecule has 0 saturated heterocycles. The van der Waals surface area contributed by atoms with Crippen LogP contribution in [0.1, 0.15) is 29.7 Å². The van der Waals surface area contributed by atoms with Crippen LogP contribution in [0, 0.1) is 24.1 Å². The maximum absolute atomic E-state index is 15.5. The summed E-state index contributed by atoms with van der Waals surface area (Å²) in [5.74, 6) is -0.487. The molecule has 1 aliphatic carbocycles. The van der Waals surface area contributed by atoms with Gasteiger partial charge < -0.3 is 10.5 Å². The highest BCUT2D eigenvalue weighted by Gasteiger charge is 2.30. The standard InChI is InChI=1S/C24H20ClFN6O2/c1-11-5-12(6-14-18(9-28)30-31-24(33)20(11)14)16-10-29-32(2)23(16)21-15(8-27)19(34-13-3-4-13)7-17(25)22(21)26/h5-7,10,13H,3-4,9,28H2,1-2H3,(H,31,33). The molecule has 2 heterocycles. The van der Waals surface area contributed by atoms with Gasteiger partial charge in [-0.05, 0) is 37.0 Å². The fourth-order valence-corrected chi connectivity index (χ4v) is 4.40. The number of hydrogen-bond acceptors (Lipinski definition) is 6. The SMILES string of the molecule is Cc1cc(-c2cnn(C)c2-c2c(F)c(Cl)cc(OC3CC3)c2C#N)cc2c(CN)n[nH]c(=O)c12. The lowest BCUT2D eigenvalue weighted by molar-refractivity contribution is 0.302. The van der Waals surface area contributed by atoms with Gasteiger partial charge in [-0.25, -0.2) is 9.49 Å². The van der Waals surface area contributed by atoms with E-state index < -0.39 is 5.82 Å². The Bertz CT molecular complexity index is 1560. The maximum Gasteiger partial charge on any atom is 0.272 e. The van der Waals surface area contributed by atoms with Crippen molar-refractivity contribution in [3.63, 3.8) is 0 Å². The summed E-state index contributed by atoms with van der Waals surface area (Å²) >= 11 is 6.23. The molecule has 0 bridgehead atoms. The molecule has 34 heavy (non-hydrogen) atoms. The van der Waals surface area contributed by atoms with Crippen molar-refractivity contribution >= 4 is 22.4 Å². The monoisotopic (exact) mass is 478 g/mol. The molecule has 10 heteroatoms. The van der Waals surface area contributed by atoms with Crippen molar-refractivity contribution in [2.45, 2.75) is 32.4 Å². The van der Waals surface area contributed by atoms with E-state index in [4.69, 9.17) is 22.1 Å². The normalized spacial score (nSPS) is 13.3. The summed E-state index contributed by atoms with van der Waals surface area (Å²) in [5, 5.41) is 21.8. The Balaban J connectivity index is 1.79. The first-order valence-electron chi connectivity index (χ1n) is 10.7. The average molecular weight is 479 g/mol. The largest absolute Gasteiger partial charge is 0.489 e. The number of nitrogens with zero attached hydrogens (tertiary/aromatic N) is 4. The highest BCUT2D eigenvalue weighted by molar-refractivity contribution is 6.31. The number of aromatic nitrogens is 4. The molecule has 4 aromatic rings. The first-order valence-corrected chi connectivity index (χ1v) is 11.0. The lowest BCUT2D eigenvalue weighted by Gasteiger charge is -2.16. The Morgan fingerprint density at radius 1 is 1.38 bits per heavy atom. The van der Waals surface area contributed by atoms with Gasteiger partial charge in [-0.1, -0.05) is 17.7 Å². The molecule has 0 unspecified atom stereocenters. The molecular formula is C24H20ClFN6O2. The number of hydrogen-bond donors (Lipinski definition) is 2. The Morgan fingerprint density at radius 2 is 2.15 bits per heavy atom. The zero-order valence-electron chi connectivity index (χ0n) is 18.4. The fraction of sp³-hybridized carbons (Fsp3) is 0.250. The smallest absolute Gasteiger partial charge is 0.272 e. The van der Waals surface area contributed by atoms with E-state index in [1.165, 1.54) is 10.7 Å². The zero-order valence-corrected chi connectivity index (χ0v) is 19.2. The van der Waals surface area contributed by atoms with Gasteiger partial charge in [-0.15, -0.1) is 0 Å². The Hall–Kier alpha value is -3.74. The number of nitriles is 1. The zero-order chi connectivity index (χ0) is 24.1. The molecule has 2 aromatic heterocycles. The second-order valence-electron chi connectivity index (χ2n) is 8.30. The highest BCUT2D eigenvalue weighted by Crippen LogP contribution is 2.43. The predicted octanol–water partition coefficient (Wildman–Crippen LogP) is 3.96. The van der Waals surface area contributed by atoms with Gasteiger partial charge in [0.25, 0.3) is 5.56 Å². The fourth-order valence-electron chi connectivity index (χ4n) is 4.20. The van der Waals surface area contributed by atoms with Crippen molar-refractivity contribution in [1.29, 1.82) is 5.26 Å². The van der Waals surface area contributed by atoms with Gasteiger partial charge in [0.15, 0.2) is 5.82 Å². The summed E-state index contributed by atoms with van der Waals surface area (Å²) in [7, 11) is 1.66. The first-order chi connectivity index (χ1) is 16.3. The molecule has 3 N–H and O–H groups in total. The van der Waals surface area contributed by atoms with E-state index in [-0.39, 0.29) is 40.1 Å². The predicted molar refractivity (Wildman–Crippen MR) is 126 cm³/mol. The molecule has 2 aromatic carbocycles. The van der Waals surface area contributed by atoms with Crippen LogP contribution < -0.4 is 16.0 Å². The molecule has 172 valence electrons. The number of ether oxygens (including phenoxy) is 1. The Morgan fingerprint density at radius 3 is 2.82 bits per heavy atom. The van der Waals surface area contributed by atoms with Crippen LogP contribution in [0.2, 0.25) is 5.02 Å². The molecular weight excluding hydrogens is 459 g/mol. The van der Waals surface area contributed by atoms with Crippen molar-refractivity contribution < 1.29 is 9.13 Å². The molecule has 1 fully saturated rings. The number of benzene rings is 2. The quantitative estimate of drug-likeness (QED) is 0.447. The van der Waals surface area contributed by atoms with Crippen molar-refractivity contribution in [2.75, 3.05) is 0 Å². The molecule has 8 nitrogen and oxygen atoms in total. The van der Waals surface area contributed by atoms with Crippen LogP contribution in [0.15, 0.2) is 29.2 Å². The number of aromatic amines is 1. The van der Waals surface area contributed by atoms with Crippen LogP contribution in [-0.2, 0) is 13.6 Å². The van der Waals surface area contributed by atoms with E-state index in [0.717, 1.165) is 12.8 Å². The van der Waals surface area contributed by atoms with E-state index in [0.29, 0.717) is 38.9 Å². The molecule has 0 amide bonds. The number of halogens is 2. The molecule has 0 radical (unpaired) electrons. The Kier molecular flexibility index (Phi) is 5.35. The topological polar surface area (TPSA) is 123 Å². The number of fused-ring (bicyclic) bond motifs is 1. The maximum atomic E-state index is 15.5. The van der Waals surface area contributed by atoms with E-state index in [1.54, 1.807) is 26.2 Å². The summed E-state index contributed by atoms with van der Waals surface area (Å²) in [6.45, 7) is 1.93. The first kappa shape index (κ1) is 22.1. The van der Waals surface area contributed by atoms with Crippen molar-refractivity contribution in [2.24, 2.45) is 12.8 Å². The molecule has 1 saturated carbocycles. The lowest BCUT2D eigenvalue weighted by Crippen LogP contribution is -2.14. The highest BCUT2D eigenvalue weighted by atomic mass is 35.5. The lowest BCUT2D eigenvalue weighted by atomic mass is 9.94. The van der Waals surface area contributed by atoms with E-state index >= 15 is 4.39 Å². The molecule has 0 atom stereocenters. The van der Waals surface area contributed by atoms with Gasteiger partial charge in [-0.3, -0.25) is 9.48 Å². The van der Waals surface area contributed by atoms with Crippen LogP contribution in [0.4, 0.5) is 4.39 Å². The number of nitrogens with one attached hydrogen (secondary N) is 1. The van der Waals surface area contributed by atoms with E-state index in [2.05, 4.69) is 21.4 Å². The van der Waals surface area contributed by atoms with Gasteiger partial charge >= 0.3 is 0 Å². The third-order valence-electron chi connectivity index (χ3n) is 5.96. The van der Waals surface area contributed by atoms with Crippen LogP contribution in [0.3, 0.4) is 0 Å². The van der Waals surface area contributed by atoms with Gasteiger partial charge in [0.2, 0.25) is 0 Å². The summed E-state index contributed by atoms with van der Waals surface area (Å²) in [6, 6.07) is 7.03.